The van der Waals surface area contributed by atoms with Crippen molar-refractivity contribution in [3.05, 3.63) is 142 Å². The lowest BCUT2D eigenvalue weighted by Gasteiger charge is -2.24. The highest BCUT2D eigenvalue weighted by Gasteiger charge is 2.35. The summed E-state index contributed by atoms with van der Waals surface area (Å²) in [5.74, 6) is 1.74. The molecular weight excluding hydrogens is 817 g/mol. The Balaban J connectivity index is 0.000000152. The molecule has 280 valence electrons. The zero-order chi connectivity index (χ0) is 39.0. The van der Waals surface area contributed by atoms with Crippen molar-refractivity contribution < 1.29 is 16.8 Å². The van der Waals surface area contributed by atoms with Crippen molar-refractivity contribution in [3.63, 3.8) is 0 Å². The van der Waals surface area contributed by atoms with Gasteiger partial charge in [-0.2, -0.15) is 0 Å². The third kappa shape index (κ3) is 4.76. The number of allylic oxidation sites excluding steroid dienone is 2. The van der Waals surface area contributed by atoms with Crippen LogP contribution >= 0.6 is 15.9 Å². The number of hydrogen-bond acceptors (Lipinski definition) is 6. The summed E-state index contributed by atoms with van der Waals surface area (Å²) in [6, 6.07) is 28.6. The monoisotopic (exact) mass is 848 g/mol. The Kier molecular flexibility index (Phi) is 7.40. The van der Waals surface area contributed by atoms with Gasteiger partial charge < -0.3 is 0 Å². The Labute approximate surface area is 337 Å². The maximum atomic E-state index is 13.9. The second-order valence-electron chi connectivity index (χ2n) is 14.8. The van der Waals surface area contributed by atoms with E-state index in [2.05, 4.69) is 76.4 Å². The highest BCUT2D eigenvalue weighted by molar-refractivity contribution is 9.10. The summed E-state index contributed by atoms with van der Waals surface area (Å²) in [7, 11) is -7.21. The van der Waals surface area contributed by atoms with Crippen LogP contribution in [0.3, 0.4) is 0 Å². The van der Waals surface area contributed by atoms with Gasteiger partial charge in [0.1, 0.15) is 11.6 Å². The zero-order valence-electron chi connectivity index (χ0n) is 30.9. The van der Waals surface area contributed by atoms with Crippen molar-refractivity contribution in [1.82, 2.24) is 19.1 Å². The number of para-hydroxylation sites is 2. The van der Waals surface area contributed by atoms with Crippen molar-refractivity contribution in [2.75, 3.05) is 0 Å². The Morgan fingerprint density at radius 3 is 1.79 bits per heavy atom. The van der Waals surface area contributed by atoms with E-state index >= 15 is 0 Å². The summed E-state index contributed by atoms with van der Waals surface area (Å²) in [5.41, 5.74) is 11.2. The van der Waals surface area contributed by atoms with Gasteiger partial charge in [-0.15, -0.1) is 0 Å². The van der Waals surface area contributed by atoms with E-state index in [1.165, 1.54) is 33.0 Å². The van der Waals surface area contributed by atoms with Crippen LogP contribution in [-0.2, 0) is 45.4 Å². The minimum absolute atomic E-state index is 0.324. The van der Waals surface area contributed by atoms with Gasteiger partial charge in [0.25, 0.3) is 0 Å². The molecule has 4 heterocycles. The van der Waals surface area contributed by atoms with E-state index in [-0.39, 0.29) is 0 Å². The van der Waals surface area contributed by atoms with E-state index < -0.39 is 19.7 Å². The Morgan fingerprint density at radius 2 is 1.18 bits per heavy atom. The van der Waals surface area contributed by atoms with E-state index in [0.717, 1.165) is 64.0 Å². The molecule has 4 aliphatic rings. The molecule has 0 bridgehead atoms. The van der Waals surface area contributed by atoms with Crippen molar-refractivity contribution in [3.8, 4) is 22.5 Å². The number of imidazole rings is 2. The van der Waals surface area contributed by atoms with Gasteiger partial charge in [0.05, 0.1) is 53.0 Å². The average Bonchev–Trinajstić information content (AvgIpc) is 3.80. The highest BCUT2D eigenvalue weighted by atomic mass is 79.9. The van der Waals surface area contributed by atoms with Crippen LogP contribution in [0, 0.1) is 0 Å². The number of nitrogens with zero attached hydrogens (tertiary/aromatic N) is 4. The first kappa shape index (κ1) is 34.6. The minimum Gasteiger partial charge on any atom is -0.294 e. The molecule has 0 fully saturated rings. The smallest absolute Gasteiger partial charge is 0.210 e. The third-order valence-electron chi connectivity index (χ3n) is 11.7. The predicted molar refractivity (Wildman–Crippen MR) is 228 cm³/mol. The molecule has 8 nitrogen and oxygen atoms in total. The van der Waals surface area contributed by atoms with Gasteiger partial charge in [-0.1, -0.05) is 84.4 Å². The fraction of sp³-hybridized carbons (Fsp3) is 0.130. The maximum Gasteiger partial charge on any atom is 0.210 e. The lowest BCUT2D eigenvalue weighted by molar-refractivity contribution is 0.592. The molecule has 0 unspecified atom stereocenters. The molecule has 57 heavy (non-hydrogen) atoms. The molecule has 0 N–H and O–H groups in total. The number of benzene rings is 6. The summed E-state index contributed by atoms with van der Waals surface area (Å²) in [6.07, 6.45) is 12.2. The molecule has 0 radical (unpaired) electrons. The summed E-state index contributed by atoms with van der Waals surface area (Å²) in [4.78, 5) is 10.7. The zero-order valence-corrected chi connectivity index (χ0v) is 34.1. The van der Waals surface area contributed by atoms with Crippen LogP contribution in [0.2, 0.25) is 0 Å². The molecule has 0 saturated carbocycles. The molecule has 11 heteroatoms. The molecule has 2 aliphatic heterocycles. The van der Waals surface area contributed by atoms with Gasteiger partial charge in [0.15, 0.2) is 0 Å². The maximum absolute atomic E-state index is 13.9. The van der Waals surface area contributed by atoms with Crippen molar-refractivity contribution in [1.29, 1.82) is 0 Å². The molecule has 6 aromatic carbocycles. The SMILES string of the molecule is CCc1nc2cccc3c2n1-c1ccc(-c2cc4c5c(ccc6c5c2C=CC6)CC=C4)cc1S3(=O)=O.CCc1nc2cccc3c2n1-c1ccc(Br)cc1S3(=O)=O. The summed E-state index contributed by atoms with van der Waals surface area (Å²) >= 11 is 3.36. The molecule has 2 aromatic heterocycles. The normalized spacial score (nSPS) is 15.7. The first-order valence-electron chi connectivity index (χ1n) is 19.0. The van der Waals surface area contributed by atoms with E-state index in [4.69, 9.17) is 4.98 Å². The van der Waals surface area contributed by atoms with Gasteiger partial charge in [0, 0.05) is 17.3 Å². The number of aryl methyl sites for hydroxylation is 2. The lowest BCUT2D eigenvalue weighted by Crippen LogP contribution is -2.16. The second kappa shape index (κ2) is 12.2. The average molecular weight is 850 g/mol. The topological polar surface area (TPSA) is 104 Å². The molecule has 0 atom stereocenters. The Bertz CT molecular complexity index is 3430. The Morgan fingerprint density at radius 1 is 0.614 bits per heavy atom. The van der Waals surface area contributed by atoms with Gasteiger partial charge >= 0.3 is 0 Å². The standard InChI is InChI=1S/C31H22N2O2S.C15H11BrN2O2S/c1-2-28-32-24-10-5-11-26-31(24)33(28)25-15-14-20(17-27(25)36(26,34)35)23-16-21-8-3-6-18-12-13-19-7-4-9-22(23)30(19)29(18)21;1-2-14-17-10-4-3-5-12-15(10)18(14)11-7-6-9(16)8-13(11)21(12,19)20/h3-5,8-17H,2,6-7H2,1H3;3-8H,2H2,1H3. The molecule has 0 spiro atoms. The molecule has 2 aliphatic carbocycles. The van der Waals surface area contributed by atoms with E-state index in [1.807, 2.05) is 52.5 Å². The molecule has 0 amide bonds. The van der Waals surface area contributed by atoms with Crippen LogP contribution in [-0.4, -0.2) is 35.9 Å². The van der Waals surface area contributed by atoms with E-state index in [9.17, 15) is 16.8 Å². The molecular formula is C46H33BrN4O4S2. The van der Waals surface area contributed by atoms with Crippen LogP contribution in [0.1, 0.15) is 47.8 Å². The first-order valence-corrected chi connectivity index (χ1v) is 22.8. The largest absolute Gasteiger partial charge is 0.294 e. The predicted octanol–water partition coefficient (Wildman–Crippen LogP) is 10.2. The van der Waals surface area contributed by atoms with Crippen molar-refractivity contribution in [2.45, 2.75) is 59.1 Å². The van der Waals surface area contributed by atoms with Crippen LogP contribution in [0.5, 0.6) is 0 Å². The van der Waals surface area contributed by atoms with Crippen LogP contribution in [0.4, 0.5) is 0 Å². The van der Waals surface area contributed by atoms with Crippen molar-refractivity contribution in [2.24, 2.45) is 0 Å². The summed E-state index contributed by atoms with van der Waals surface area (Å²) in [5, 5.41) is 2.65. The van der Waals surface area contributed by atoms with Crippen LogP contribution in [0.25, 0.3) is 67.5 Å². The van der Waals surface area contributed by atoms with Crippen LogP contribution < -0.4 is 0 Å². The van der Waals surface area contributed by atoms with Gasteiger partial charge in [-0.05, 0) is 118 Å². The number of sulfone groups is 2. The van der Waals surface area contributed by atoms with E-state index in [0.29, 0.717) is 42.0 Å². The van der Waals surface area contributed by atoms with Crippen LogP contribution in [0.15, 0.2) is 127 Å². The van der Waals surface area contributed by atoms with Gasteiger partial charge in [-0.3, -0.25) is 9.13 Å². The minimum atomic E-state index is -3.69. The van der Waals surface area contributed by atoms with Gasteiger partial charge in [0.2, 0.25) is 19.7 Å². The summed E-state index contributed by atoms with van der Waals surface area (Å²) in [6.45, 7) is 4.07. The number of halogens is 1. The van der Waals surface area contributed by atoms with Gasteiger partial charge in [-0.25, -0.2) is 26.8 Å². The molecule has 0 saturated heterocycles. The highest BCUT2D eigenvalue weighted by Crippen LogP contribution is 2.45. The molecule has 8 aromatic rings. The molecule has 12 rings (SSSR count). The van der Waals surface area contributed by atoms with E-state index in [1.54, 1.807) is 30.3 Å². The van der Waals surface area contributed by atoms with Crippen molar-refractivity contribution >= 4 is 80.6 Å². The number of hydrogen-bond donors (Lipinski definition) is 0. The number of fused-ring (bicyclic) bond motifs is 4. The Hall–Kier alpha value is -5.62. The third-order valence-corrected chi connectivity index (χ3v) is 15.8. The fourth-order valence-corrected chi connectivity index (χ4v) is 13.0. The fourth-order valence-electron chi connectivity index (χ4n) is 9.19. The summed E-state index contributed by atoms with van der Waals surface area (Å²) < 4.78 is 58.3. The lowest BCUT2D eigenvalue weighted by atomic mass is 9.81. The second-order valence-corrected chi connectivity index (χ2v) is 19.4. The quantitative estimate of drug-likeness (QED) is 0.175. The number of rotatable bonds is 3. The first-order chi connectivity index (χ1) is 27.6. The number of aromatic nitrogens is 4.